The summed E-state index contributed by atoms with van der Waals surface area (Å²) in [4.78, 5) is 4.35. The summed E-state index contributed by atoms with van der Waals surface area (Å²) < 4.78 is 0. The lowest BCUT2D eigenvalue weighted by molar-refractivity contribution is 0.276. The van der Waals surface area contributed by atoms with E-state index in [2.05, 4.69) is 64.6 Å². The Morgan fingerprint density at radius 1 is 0.929 bits per heavy atom. The first-order valence-electron chi connectivity index (χ1n) is 9.60. The van der Waals surface area contributed by atoms with Crippen LogP contribution >= 0.6 is 11.6 Å². The smallest absolute Gasteiger partial charge is 0.150 e. The SMILES string of the molecule is CN(C)c1ccc(C2c3ccccc3C(c3ccc(Cl)cc3)CCN2C)nn1. The van der Waals surface area contributed by atoms with Crippen LogP contribution in [-0.2, 0) is 0 Å². The predicted molar refractivity (Wildman–Crippen MR) is 115 cm³/mol. The number of rotatable bonds is 3. The molecule has 2 heterocycles. The van der Waals surface area contributed by atoms with Gasteiger partial charge in [-0.05, 0) is 61.0 Å². The number of aromatic nitrogens is 2. The van der Waals surface area contributed by atoms with Crippen LogP contribution < -0.4 is 4.90 Å². The Morgan fingerprint density at radius 2 is 1.64 bits per heavy atom. The topological polar surface area (TPSA) is 32.3 Å². The van der Waals surface area contributed by atoms with Crippen LogP contribution in [-0.4, -0.2) is 42.8 Å². The Bertz CT molecular complexity index is 938. The third-order valence-electron chi connectivity index (χ3n) is 5.56. The first kappa shape index (κ1) is 18.9. The van der Waals surface area contributed by atoms with E-state index in [-0.39, 0.29) is 6.04 Å². The standard InChI is InChI=1S/C23H25ClN4/c1-27(2)22-13-12-21(25-26-22)23-20-7-5-4-6-19(20)18(14-15-28(23)3)16-8-10-17(24)11-9-16/h4-13,18,23H,14-15H2,1-3H3. The summed E-state index contributed by atoms with van der Waals surface area (Å²) in [6.07, 6.45) is 1.05. The third-order valence-corrected chi connectivity index (χ3v) is 5.81. The van der Waals surface area contributed by atoms with E-state index >= 15 is 0 Å². The van der Waals surface area contributed by atoms with Gasteiger partial charge in [0.2, 0.25) is 0 Å². The minimum Gasteiger partial charge on any atom is -0.361 e. The second-order valence-corrected chi connectivity index (χ2v) is 8.05. The highest BCUT2D eigenvalue weighted by atomic mass is 35.5. The van der Waals surface area contributed by atoms with Gasteiger partial charge in [0.15, 0.2) is 5.82 Å². The minimum absolute atomic E-state index is 0.0946. The molecule has 5 heteroatoms. The molecule has 2 aromatic carbocycles. The summed E-state index contributed by atoms with van der Waals surface area (Å²) >= 11 is 6.12. The van der Waals surface area contributed by atoms with Crippen molar-refractivity contribution in [2.75, 3.05) is 32.6 Å². The normalized spacial score (nSPS) is 19.7. The summed E-state index contributed by atoms with van der Waals surface area (Å²) in [5.74, 6) is 1.21. The molecule has 2 atom stereocenters. The average Bonchev–Trinajstić information content (AvgIpc) is 2.85. The van der Waals surface area contributed by atoms with E-state index in [9.17, 15) is 0 Å². The van der Waals surface area contributed by atoms with Crippen molar-refractivity contribution in [3.8, 4) is 0 Å². The highest BCUT2D eigenvalue weighted by molar-refractivity contribution is 6.30. The van der Waals surface area contributed by atoms with E-state index in [0.29, 0.717) is 5.92 Å². The molecule has 1 aliphatic heterocycles. The zero-order valence-corrected chi connectivity index (χ0v) is 17.3. The number of nitrogens with zero attached hydrogens (tertiary/aromatic N) is 4. The second kappa shape index (κ2) is 7.90. The average molecular weight is 393 g/mol. The van der Waals surface area contributed by atoms with Gasteiger partial charge in [0.05, 0.1) is 11.7 Å². The number of hydrogen-bond acceptors (Lipinski definition) is 4. The lowest BCUT2D eigenvalue weighted by Crippen LogP contribution is -2.26. The molecular formula is C23H25ClN4. The van der Waals surface area contributed by atoms with Gasteiger partial charge in [-0.3, -0.25) is 4.90 Å². The molecular weight excluding hydrogens is 368 g/mol. The third kappa shape index (κ3) is 3.62. The molecule has 0 amide bonds. The van der Waals surface area contributed by atoms with Crippen LogP contribution in [0.25, 0.3) is 0 Å². The van der Waals surface area contributed by atoms with Gasteiger partial charge in [-0.15, -0.1) is 5.10 Å². The van der Waals surface area contributed by atoms with E-state index in [4.69, 9.17) is 11.6 Å². The molecule has 0 aliphatic carbocycles. The largest absolute Gasteiger partial charge is 0.361 e. The van der Waals surface area contributed by atoms with Crippen molar-refractivity contribution in [2.45, 2.75) is 18.4 Å². The Morgan fingerprint density at radius 3 is 2.29 bits per heavy atom. The van der Waals surface area contributed by atoms with Crippen molar-refractivity contribution in [3.05, 3.63) is 88.1 Å². The van der Waals surface area contributed by atoms with Crippen molar-refractivity contribution in [2.24, 2.45) is 0 Å². The Labute approximate surface area is 171 Å². The van der Waals surface area contributed by atoms with Crippen LogP contribution in [0.5, 0.6) is 0 Å². The van der Waals surface area contributed by atoms with Crippen molar-refractivity contribution in [1.29, 1.82) is 0 Å². The highest BCUT2D eigenvalue weighted by Gasteiger charge is 2.30. The van der Waals surface area contributed by atoms with E-state index in [0.717, 1.165) is 29.5 Å². The molecule has 1 aromatic heterocycles. The van der Waals surface area contributed by atoms with Crippen LogP contribution in [0.3, 0.4) is 0 Å². The van der Waals surface area contributed by atoms with Crippen molar-refractivity contribution < 1.29 is 0 Å². The van der Waals surface area contributed by atoms with Gasteiger partial charge in [-0.25, -0.2) is 0 Å². The maximum Gasteiger partial charge on any atom is 0.150 e. The summed E-state index contributed by atoms with van der Waals surface area (Å²) in [6.45, 7) is 0.976. The maximum absolute atomic E-state index is 6.12. The van der Waals surface area contributed by atoms with E-state index in [1.54, 1.807) is 0 Å². The van der Waals surface area contributed by atoms with Gasteiger partial charge in [0.1, 0.15) is 0 Å². The lowest BCUT2D eigenvalue weighted by atomic mass is 9.85. The highest BCUT2D eigenvalue weighted by Crippen LogP contribution is 2.40. The number of fused-ring (bicyclic) bond motifs is 1. The summed E-state index contributed by atoms with van der Waals surface area (Å²) in [5.41, 5.74) is 4.95. The molecule has 0 bridgehead atoms. The van der Waals surface area contributed by atoms with Crippen LogP contribution in [0.1, 0.15) is 40.8 Å². The molecule has 3 aromatic rings. The van der Waals surface area contributed by atoms with Gasteiger partial charge >= 0.3 is 0 Å². The molecule has 0 radical (unpaired) electrons. The summed E-state index contributed by atoms with van der Waals surface area (Å²) in [6, 6.07) is 21.2. The molecule has 0 N–H and O–H groups in total. The number of benzene rings is 2. The van der Waals surface area contributed by atoms with Gasteiger partial charge in [-0.1, -0.05) is 48.0 Å². The van der Waals surface area contributed by atoms with E-state index < -0.39 is 0 Å². The van der Waals surface area contributed by atoms with Crippen LogP contribution in [0.15, 0.2) is 60.7 Å². The fraction of sp³-hybridized carbons (Fsp3) is 0.304. The predicted octanol–water partition coefficient (Wildman–Crippen LogP) is 4.75. The van der Waals surface area contributed by atoms with Crippen LogP contribution in [0.2, 0.25) is 5.02 Å². The van der Waals surface area contributed by atoms with Crippen molar-refractivity contribution in [3.63, 3.8) is 0 Å². The van der Waals surface area contributed by atoms with E-state index in [1.807, 2.05) is 37.2 Å². The van der Waals surface area contributed by atoms with Gasteiger partial charge in [0, 0.05) is 25.0 Å². The summed E-state index contributed by atoms with van der Waals surface area (Å²) in [7, 11) is 6.13. The first-order valence-corrected chi connectivity index (χ1v) is 9.98. The monoisotopic (exact) mass is 392 g/mol. The Kier molecular flexibility index (Phi) is 5.33. The fourth-order valence-corrected chi connectivity index (χ4v) is 4.20. The minimum atomic E-state index is 0.0946. The molecule has 0 saturated carbocycles. The first-order chi connectivity index (χ1) is 13.5. The molecule has 0 fully saturated rings. The van der Waals surface area contributed by atoms with Gasteiger partial charge in [-0.2, -0.15) is 5.10 Å². The van der Waals surface area contributed by atoms with Crippen molar-refractivity contribution >= 4 is 17.4 Å². The van der Waals surface area contributed by atoms with Gasteiger partial charge in [0.25, 0.3) is 0 Å². The molecule has 1 aliphatic rings. The van der Waals surface area contributed by atoms with Crippen LogP contribution in [0.4, 0.5) is 5.82 Å². The molecule has 4 rings (SSSR count). The lowest BCUT2D eigenvalue weighted by Gasteiger charge is -2.26. The number of halogens is 1. The fourth-order valence-electron chi connectivity index (χ4n) is 4.08. The zero-order valence-electron chi connectivity index (χ0n) is 16.5. The number of hydrogen-bond donors (Lipinski definition) is 0. The molecule has 28 heavy (non-hydrogen) atoms. The maximum atomic E-state index is 6.12. The van der Waals surface area contributed by atoms with Gasteiger partial charge < -0.3 is 4.90 Å². The van der Waals surface area contributed by atoms with Crippen molar-refractivity contribution in [1.82, 2.24) is 15.1 Å². The molecule has 0 saturated heterocycles. The Hall–Kier alpha value is -2.43. The van der Waals surface area contributed by atoms with E-state index in [1.165, 1.54) is 16.7 Å². The summed E-state index contributed by atoms with van der Waals surface area (Å²) in [5, 5.41) is 9.76. The second-order valence-electron chi connectivity index (χ2n) is 7.62. The Balaban J connectivity index is 1.78. The number of anilines is 1. The molecule has 2 unspecified atom stereocenters. The zero-order chi connectivity index (χ0) is 19.7. The van der Waals surface area contributed by atoms with Crippen LogP contribution in [0, 0.1) is 0 Å². The molecule has 4 nitrogen and oxygen atoms in total. The molecule has 144 valence electrons. The quantitative estimate of drug-likeness (QED) is 0.643. The molecule has 0 spiro atoms.